The fraction of sp³-hybridized carbons (Fsp3) is 0.219. The van der Waals surface area contributed by atoms with E-state index in [1.165, 1.54) is 55.1 Å². The molecule has 0 aliphatic heterocycles. The number of nitrogens with zero attached hydrogens (tertiary/aromatic N) is 3. The van der Waals surface area contributed by atoms with Crippen LogP contribution in [-0.4, -0.2) is 49.8 Å². The van der Waals surface area contributed by atoms with Gasteiger partial charge in [0.05, 0.1) is 16.9 Å². The van der Waals surface area contributed by atoms with Gasteiger partial charge in [0.25, 0.3) is 10.0 Å². The van der Waals surface area contributed by atoms with Crippen molar-refractivity contribution in [1.82, 2.24) is 13.3 Å². The number of methoxy groups -OCH3 is 1. The Kier molecular flexibility index (Phi) is 7.90. The second kappa shape index (κ2) is 11.1. The average molecular weight is 640 g/mol. The number of aryl methyl sites for hydroxylation is 1. The number of benzene rings is 3. The summed E-state index contributed by atoms with van der Waals surface area (Å²) in [5.74, 6) is -2.12. The van der Waals surface area contributed by atoms with Gasteiger partial charge >= 0.3 is 0 Å². The van der Waals surface area contributed by atoms with E-state index in [1.54, 1.807) is 51.1 Å². The molecule has 0 aliphatic carbocycles. The number of sulfonamides is 1. The maximum absolute atomic E-state index is 14.8. The number of hydrogen-bond donors (Lipinski definition) is 0. The zero-order valence-electron chi connectivity index (χ0n) is 25.0. The van der Waals surface area contributed by atoms with Crippen LogP contribution in [0.3, 0.4) is 0 Å². The van der Waals surface area contributed by atoms with Crippen LogP contribution in [0, 0.1) is 18.6 Å². The van der Waals surface area contributed by atoms with E-state index >= 15 is 0 Å². The molecule has 0 spiro atoms. The maximum Gasteiger partial charge on any atom is 0.269 e. The maximum atomic E-state index is 14.8. The molecule has 8 nitrogen and oxygen atoms in total. The van der Waals surface area contributed by atoms with Crippen LogP contribution in [0.1, 0.15) is 26.3 Å². The number of aromatic nitrogens is 2. The van der Waals surface area contributed by atoms with Crippen LogP contribution >= 0.6 is 0 Å². The van der Waals surface area contributed by atoms with Gasteiger partial charge in [-0.3, -0.25) is 0 Å². The minimum absolute atomic E-state index is 0.00399. The number of hydrogen-bond acceptors (Lipinski definition) is 6. The lowest BCUT2D eigenvalue weighted by molar-refractivity contribution is 0.292. The highest BCUT2D eigenvalue weighted by Crippen LogP contribution is 2.40. The quantitative estimate of drug-likeness (QED) is 0.199. The molecule has 0 bridgehead atoms. The van der Waals surface area contributed by atoms with E-state index in [0.717, 1.165) is 15.6 Å². The van der Waals surface area contributed by atoms with E-state index in [0.29, 0.717) is 17.2 Å². The van der Waals surface area contributed by atoms with Crippen LogP contribution < -0.4 is 4.74 Å². The third-order valence-electron chi connectivity index (χ3n) is 7.46. The van der Waals surface area contributed by atoms with Crippen molar-refractivity contribution >= 4 is 31.1 Å². The first-order valence-electron chi connectivity index (χ1n) is 13.5. The highest BCUT2D eigenvalue weighted by Gasteiger charge is 2.31. The van der Waals surface area contributed by atoms with Gasteiger partial charge in [-0.1, -0.05) is 29.8 Å². The molecule has 0 N–H and O–H groups in total. The normalized spacial score (nSPS) is 12.7. The van der Waals surface area contributed by atoms with Crippen molar-refractivity contribution in [3.8, 4) is 28.0 Å². The fourth-order valence-electron chi connectivity index (χ4n) is 4.78. The van der Waals surface area contributed by atoms with Crippen molar-refractivity contribution < 1.29 is 30.4 Å². The topological polar surface area (TPSA) is 98.6 Å². The van der Waals surface area contributed by atoms with Gasteiger partial charge < -0.3 is 4.74 Å². The molecule has 0 saturated carbocycles. The Morgan fingerprint density at radius 1 is 0.864 bits per heavy atom. The Labute approximate surface area is 255 Å². The standard InChI is InChI=1S/C32H31F2N3O5S2/c1-20-10-12-24(13-11-20)44(40,41)37-19-28(26-16-23(33)17-29(34)30(26)42-6)27-15-22(18-35-31(27)37)21-8-7-9-25(14-21)43(38,39)36(5)32(2,3)4/h7-19H,1-6H3. The van der Waals surface area contributed by atoms with Gasteiger partial charge in [0.15, 0.2) is 17.2 Å². The molecule has 5 aromatic rings. The minimum atomic E-state index is -4.20. The first kappa shape index (κ1) is 31.3. The van der Waals surface area contributed by atoms with Gasteiger partial charge in [-0.2, -0.15) is 4.31 Å². The Hall–Kier alpha value is -4.13. The van der Waals surface area contributed by atoms with Crippen molar-refractivity contribution in [2.75, 3.05) is 14.2 Å². The lowest BCUT2D eigenvalue weighted by atomic mass is 10.0. The van der Waals surface area contributed by atoms with Crippen LogP contribution in [0.25, 0.3) is 33.3 Å². The Morgan fingerprint density at radius 3 is 2.18 bits per heavy atom. The Morgan fingerprint density at radius 2 is 1.55 bits per heavy atom. The molecule has 5 rings (SSSR count). The molecule has 12 heteroatoms. The number of ether oxygens (including phenoxy) is 1. The van der Waals surface area contributed by atoms with E-state index in [9.17, 15) is 25.6 Å². The van der Waals surface area contributed by atoms with Crippen LogP contribution in [0.5, 0.6) is 5.75 Å². The zero-order valence-corrected chi connectivity index (χ0v) is 26.6. The number of rotatable bonds is 7. The van der Waals surface area contributed by atoms with Crippen molar-refractivity contribution in [3.63, 3.8) is 0 Å². The van der Waals surface area contributed by atoms with Gasteiger partial charge in [-0.25, -0.2) is 34.6 Å². The average Bonchev–Trinajstić information content (AvgIpc) is 3.36. The summed E-state index contributed by atoms with van der Waals surface area (Å²) in [5.41, 5.74) is 1.27. The predicted molar refractivity (Wildman–Crippen MR) is 166 cm³/mol. The van der Waals surface area contributed by atoms with E-state index in [1.807, 2.05) is 6.92 Å². The molecule has 2 heterocycles. The molecule has 3 aromatic carbocycles. The largest absolute Gasteiger partial charge is 0.493 e. The molecule has 2 aromatic heterocycles. The van der Waals surface area contributed by atoms with Crippen LogP contribution in [0.15, 0.2) is 88.9 Å². The molecule has 44 heavy (non-hydrogen) atoms. The summed E-state index contributed by atoms with van der Waals surface area (Å²) in [5, 5.41) is 0.251. The van der Waals surface area contributed by atoms with Gasteiger partial charge in [0.1, 0.15) is 5.82 Å². The van der Waals surface area contributed by atoms with Crippen LogP contribution in [0.2, 0.25) is 0 Å². The summed E-state index contributed by atoms with van der Waals surface area (Å²) in [6.45, 7) is 7.18. The summed E-state index contributed by atoms with van der Waals surface area (Å²) in [4.78, 5) is 4.53. The Balaban J connectivity index is 1.77. The van der Waals surface area contributed by atoms with E-state index in [4.69, 9.17) is 4.74 Å². The van der Waals surface area contributed by atoms with Crippen molar-refractivity contribution in [1.29, 1.82) is 0 Å². The molecule has 0 fully saturated rings. The Bertz CT molecular complexity index is 2120. The highest BCUT2D eigenvalue weighted by molar-refractivity contribution is 7.90. The van der Waals surface area contributed by atoms with Crippen molar-refractivity contribution in [3.05, 3.63) is 96.3 Å². The third kappa shape index (κ3) is 5.49. The molecule has 0 saturated heterocycles. The summed E-state index contributed by atoms with van der Waals surface area (Å²) in [6.07, 6.45) is 2.68. The monoisotopic (exact) mass is 639 g/mol. The first-order chi connectivity index (χ1) is 20.5. The molecule has 230 valence electrons. The summed E-state index contributed by atoms with van der Waals surface area (Å²) >= 11 is 0. The van der Waals surface area contributed by atoms with Gasteiger partial charge in [0.2, 0.25) is 10.0 Å². The zero-order chi connectivity index (χ0) is 32.2. The van der Waals surface area contributed by atoms with E-state index in [2.05, 4.69) is 4.98 Å². The summed E-state index contributed by atoms with van der Waals surface area (Å²) in [7, 11) is -5.32. The highest BCUT2D eigenvalue weighted by atomic mass is 32.2. The van der Waals surface area contributed by atoms with Crippen molar-refractivity contribution in [2.45, 2.75) is 43.0 Å². The summed E-state index contributed by atoms with van der Waals surface area (Å²) in [6, 6.07) is 15.9. The molecular formula is C32H31F2N3O5S2. The number of halogens is 2. The van der Waals surface area contributed by atoms with E-state index in [-0.39, 0.29) is 37.7 Å². The molecular weight excluding hydrogens is 608 g/mol. The third-order valence-corrected chi connectivity index (χ3v) is 11.2. The molecule has 0 radical (unpaired) electrons. The smallest absolute Gasteiger partial charge is 0.269 e. The van der Waals surface area contributed by atoms with Crippen LogP contribution in [-0.2, 0) is 20.0 Å². The molecule has 0 amide bonds. The van der Waals surface area contributed by atoms with Crippen LogP contribution in [0.4, 0.5) is 8.78 Å². The fourth-order valence-corrected chi connectivity index (χ4v) is 7.67. The van der Waals surface area contributed by atoms with Gasteiger partial charge in [-0.05, 0) is 69.7 Å². The van der Waals surface area contributed by atoms with Gasteiger partial charge in [-0.15, -0.1) is 0 Å². The number of fused-ring (bicyclic) bond motifs is 1. The lowest BCUT2D eigenvalue weighted by Gasteiger charge is -2.31. The molecule has 0 atom stereocenters. The minimum Gasteiger partial charge on any atom is -0.493 e. The summed E-state index contributed by atoms with van der Waals surface area (Å²) < 4.78 is 91.2. The predicted octanol–water partition coefficient (Wildman–Crippen LogP) is 6.62. The van der Waals surface area contributed by atoms with Gasteiger partial charge in [0, 0.05) is 53.1 Å². The molecule has 0 unspecified atom stereocenters. The van der Waals surface area contributed by atoms with E-state index < -0.39 is 37.2 Å². The second-order valence-electron chi connectivity index (χ2n) is 11.4. The number of pyridine rings is 1. The SMILES string of the molecule is COc1c(F)cc(F)cc1-c1cn(S(=O)(=O)c2ccc(C)cc2)c2ncc(-c3cccc(S(=O)(=O)N(C)C(C)(C)C)c3)cc12. The second-order valence-corrected chi connectivity index (χ2v) is 15.2. The van der Waals surface area contributed by atoms with Crippen molar-refractivity contribution in [2.24, 2.45) is 0 Å². The first-order valence-corrected chi connectivity index (χ1v) is 16.4. The lowest BCUT2D eigenvalue weighted by Crippen LogP contribution is -2.42. The molecule has 0 aliphatic rings.